The van der Waals surface area contributed by atoms with Gasteiger partial charge >= 0.3 is 5.97 Å². The van der Waals surface area contributed by atoms with E-state index in [0.717, 1.165) is 19.3 Å². The summed E-state index contributed by atoms with van der Waals surface area (Å²) >= 11 is 0. The number of aliphatic hydroxyl groups excluding tert-OH is 1. The summed E-state index contributed by atoms with van der Waals surface area (Å²) in [6.07, 6.45) is 7.78. The van der Waals surface area contributed by atoms with Crippen molar-refractivity contribution in [3.05, 3.63) is 11.6 Å². The molecule has 0 amide bonds. The zero-order valence-electron chi connectivity index (χ0n) is 16.4. The Labute approximate surface area is 147 Å². The van der Waals surface area contributed by atoms with Gasteiger partial charge < -0.3 is 9.84 Å². The van der Waals surface area contributed by atoms with Crippen LogP contribution in [0, 0.1) is 28.6 Å². The Morgan fingerprint density at radius 1 is 1.46 bits per heavy atom. The van der Waals surface area contributed by atoms with Crippen LogP contribution in [0.3, 0.4) is 0 Å². The highest BCUT2D eigenvalue weighted by atomic mass is 16.5. The van der Waals surface area contributed by atoms with E-state index in [1.54, 1.807) is 0 Å². The summed E-state index contributed by atoms with van der Waals surface area (Å²) in [5, 5.41) is 10.3. The number of aliphatic hydroxyl groups is 1. The van der Waals surface area contributed by atoms with Gasteiger partial charge in [0.05, 0.1) is 13.2 Å². The number of carbonyl (C=O) groups is 1. The molecule has 0 bridgehead atoms. The Bertz CT molecular complexity index is 497. The van der Waals surface area contributed by atoms with E-state index in [9.17, 15) is 9.90 Å². The molecule has 0 saturated heterocycles. The van der Waals surface area contributed by atoms with Crippen LogP contribution in [0.1, 0.15) is 73.1 Å². The minimum atomic E-state index is -0.305. The monoisotopic (exact) mass is 336 g/mol. The second-order valence-corrected chi connectivity index (χ2v) is 8.99. The fourth-order valence-corrected chi connectivity index (χ4v) is 5.33. The number of ether oxygens (including phenoxy) is 1. The molecular formula is C21H36O3. The van der Waals surface area contributed by atoms with E-state index in [0.29, 0.717) is 24.2 Å². The van der Waals surface area contributed by atoms with Crippen LogP contribution in [0.5, 0.6) is 0 Å². The van der Waals surface area contributed by atoms with Gasteiger partial charge in [0, 0.05) is 6.42 Å². The first-order valence-electron chi connectivity index (χ1n) is 9.57. The summed E-state index contributed by atoms with van der Waals surface area (Å²) < 4.78 is 4.81. The van der Waals surface area contributed by atoms with E-state index in [-0.39, 0.29) is 22.9 Å². The van der Waals surface area contributed by atoms with Crippen LogP contribution >= 0.6 is 0 Å². The molecule has 2 aliphatic rings. The van der Waals surface area contributed by atoms with Crippen LogP contribution in [0.2, 0.25) is 0 Å². The van der Waals surface area contributed by atoms with Gasteiger partial charge in [-0.05, 0) is 67.6 Å². The minimum absolute atomic E-state index is 0.110. The predicted octanol–water partition coefficient (Wildman–Crippen LogP) is 4.74. The fraction of sp³-hybridized carbons (Fsp3) is 0.857. The van der Waals surface area contributed by atoms with Crippen molar-refractivity contribution >= 4 is 5.97 Å². The van der Waals surface area contributed by atoms with Crippen LogP contribution < -0.4 is 0 Å². The molecule has 6 atom stereocenters. The molecule has 3 nitrogen and oxygen atoms in total. The topological polar surface area (TPSA) is 46.5 Å². The summed E-state index contributed by atoms with van der Waals surface area (Å²) in [5.41, 5.74) is 1.80. The molecule has 24 heavy (non-hydrogen) atoms. The van der Waals surface area contributed by atoms with Crippen molar-refractivity contribution in [2.24, 2.45) is 28.6 Å². The normalized spacial score (nSPS) is 40.5. The molecule has 0 aliphatic heterocycles. The maximum atomic E-state index is 11.5. The standard InChI is InChI=1S/C21H36O3/c1-14(11-19(23)24-6)7-9-20(4)15(2)8-10-21(5)16(3)12-17(22)13-18(20)21/h12,14-15,17-18,22H,7-11,13H2,1-6H3/t14?,15-,17-,18-,20+,21+/m1/s1. The lowest BCUT2D eigenvalue weighted by Gasteiger charge is -2.58. The highest BCUT2D eigenvalue weighted by molar-refractivity contribution is 5.69. The van der Waals surface area contributed by atoms with Crippen molar-refractivity contribution in [2.45, 2.75) is 79.2 Å². The Balaban J connectivity index is 2.16. The van der Waals surface area contributed by atoms with Gasteiger partial charge in [-0.25, -0.2) is 0 Å². The maximum absolute atomic E-state index is 11.5. The molecule has 1 unspecified atom stereocenters. The van der Waals surface area contributed by atoms with Crippen LogP contribution in [0.4, 0.5) is 0 Å². The van der Waals surface area contributed by atoms with Crippen LogP contribution in [-0.4, -0.2) is 24.3 Å². The van der Waals surface area contributed by atoms with Crippen molar-refractivity contribution in [1.82, 2.24) is 0 Å². The zero-order chi connectivity index (χ0) is 18.1. The Morgan fingerprint density at radius 2 is 2.12 bits per heavy atom. The number of fused-ring (bicyclic) bond motifs is 1. The van der Waals surface area contributed by atoms with E-state index in [4.69, 9.17) is 4.74 Å². The van der Waals surface area contributed by atoms with Gasteiger partial charge in [0.1, 0.15) is 0 Å². The highest BCUT2D eigenvalue weighted by Gasteiger charge is 2.54. The second-order valence-electron chi connectivity index (χ2n) is 8.99. The first kappa shape index (κ1) is 19.5. The molecule has 1 saturated carbocycles. The lowest BCUT2D eigenvalue weighted by Crippen LogP contribution is -2.51. The van der Waals surface area contributed by atoms with Gasteiger partial charge in [0.15, 0.2) is 0 Å². The van der Waals surface area contributed by atoms with E-state index in [1.807, 2.05) is 0 Å². The maximum Gasteiger partial charge on any atom is 0.305 e. The molecule has 0 spiro atoms. The highest BCUT2D eigenvalue weighted by Crippen LogP contribution is 2.61. The van der Waals surface area contributed by atoms with Crippen molar-refractivity contribution in [1.29, 1.82) is 0 Å². The largest absolute Gasteiger partial charge is 0.469 e. The van der Waals surface area contributed by atoms with E-state index < -0.39 is 0 Å². The molecule has 2 aliphatic carbocycles. The van der Waals surface area contributed by atoms with Crippen molar-refractivity contribution < 1.29 is 14.6 Å². The third kappa shape index (κ3) is 3.56. The van der Waals surface area contributed by atoms with E-state index in [1.165, 1.54) is 25.5 Å². The SMILES string of the molecule is COC(=O)CC(C)CC[C@@]1(C)[C@H](C)CC[C@@]2(C)C(C)=C[C@@H](O)C[C@H]12. The summed E-state index contributed by atoms with van der Waals surface area (Å²) in [5.74, 6) is 1.40. The fourth-order valence-electron chi connectivity index (χ4n) is 5.33. The number of esters is 1. The number of rotatable bonds is 5. The summed E-state index contributed by atoms with van der Waals surface area (Å²) in [6, 6.07) is 0. The summed E-state index contributed by atoms with van der Waals surface area (Å²) in [7, 11) is 1.46. The molecule has 0 aromatic rings. The second kappa shape index (κ2) is 7.19. The smallest absolute Gasteiger partial charge is 0.305 e. The average Bonchev–Trinajstić information content (AvgIpc) is 2.52. The zero-order valence-corrected chi connectivity index (χ0v) is 16.4. The third-order valence-corrected chi connectivity index (χ3v) is 7.53. The number of methoxy groups -OCH3 is 1. The number of allylic oxidation sites excluding steroid dienone is 1. The van der Waals surface area contributed by atoms with Gasteiger partial charge in [0.25, 0.3) is 0 Å². The first-order chi connectivity index (χ1) is 11.1. The molecule has 2 rings (SSSR count). The first-order valence-corrected chi connectivity index (χ1v) is 9.57. The Kier molecular flexibility index (Phi) is 5.84. The lowest BCUT2D eigenvalue weighted by atomic mass is 9.46. The van der Waals surface area contributed by atoms with Gasteiger partial charge in [0.2, 0.25) is 0 Å². The van der Waals surface area contributed by atoms with Crippen LogP contribution in [-0.2, 0) is 9.53 Å². The molecule has 0 aromatic heterocycles. The van der Waals surface area contributed by atoms with E-state index in [2.05, 4.69) is 40.7 Å². The molecule has 0 aromatic carbocycles. The lowest BCUT2D eigenvalue weighted by molar-refractivity contribution is -0.141. The summed E-state index contributed by atoms with van der Waals surface area (Å²) in [4.78, 5) is 11.5. The van der Waals surface area contributed by atoms with Gasteiger partial charge in [-0.2, -0.15) is 0 Å². The average molecular weight is 337 g/mol. The van der Waals surface area contributed by atoms with Crippen molar-refractivity contribution in [2.75, 3.05) is 7.11 Å². The van der Waals surface area contributed by atoms with Gasteiger partial charge in [-0.3, -0.25) is 4.79 Å². The van der Waals surface area contributed by atoms with Crippen LogP contribution in [0.25, 0.3) is 0 Å². The molecule has 1 N–H and O–H groups in total. The molecule has 3 heteroatoms. The molecule has 0 heterocycles. The quantitative estimate of drug-likeness (QED) is 0.583. The molecule has 1 fully saturated rings. The number of hydrogen-bond donors (Lipinski definition) is 1. The van der Waals surface area contributed by atoms with Gasteiger partial charge in [-0.1, -0.05) is 39.3 Å². The molecule has 138 valence electrons. The van der Waals surface area contributed by atoms with Crippen molar-refractivity contribution in [3.8, 4) is 0 Å². The minimum Gasteiger partial charge on any atom is -0.469 e. The van der Waals surface area contributed by atoms with E-state index >= 15 is 0 Å². The van der Waals surface area contributed by atoms with Crippen molar-refractivity contribution in [3.63, 3.8) is 0 Å². The Morgan fingerprint density at radius 3 is 2.75 bits per heavy atom. The molecule has 0 radical (unpaired) electrons. The predicted molar refractivity (Wildman–Crippen MR) is 97.5 cm³/mol. The summed E-state index contributed by atoms with van der Waals surface area (Å²) in [6.45, 7) is 11.6. The van der Waals surface area contributed by atoms with Gasteiger partial charge in [-0.15, -0.1) is 0 Å². The third-order valence-electron chi connectivity index (χ3n) is 7.53. The molecular weight excluding hydrogens is 300 g/mol. The number of carbonyl (C=O) groups excluding carboxylic acids is 1. The Hall–Kier alpha value is -0.830. The van der Waals surface area contributed by atoms with Crippen LogP contribution in [0.15, 0.2) is 11.6 Å². The number of hydrogen-bond acceptors (Lipinski definition) is 3.